The number of fused-ring (bicyclic) bond motifs is 1. The summed E-state index contributed by atoms with van der Waals surface area (Å²) in [6.07, 6.45) is -1.46. The molecule has 0 radical (unpaired) electrons. The van der Waals surface area contributed by atoms with Crippen LogP contribution in [0.15, 0.2) is 30.5 Å². The van der Waals surface area contributed by atoms with E-state index in [2.05, 4.69) is 10.3 Å². The predicted octanol–water partition coefficient (Wildman–Crippen LogP) is 5.35. The van der Waals surface area contributed by atoms with Gasteiger partial charge in [0.1, 0.15) is 11.3 Å². The summed E-state index contributed by atoms with van der Waals surface area (Å²) in [5, 5.41) is 3.13. The van der Waals surface area contributed by atoms with E-state index < -0.39 is 42.1 Å². The van der Waals surface area contributed by atoms with Crippen molar-refractivity contribution in [2.45, 2.75) is 69.9 Å². The molecule has 1 unspecified atom stereocenters. The van der Waals surface area contributed by atoms with E-state index in [0.717, 1.165) is 25.7 Å². The van der Waals surface area contributed by atoms with Crippen LogP contribution in [0.1, 0.15) is 57.9 Å². The molecule has 3 rings (SSSR count). The molecule has 0 bridgehead atoms. The molecule has 1 atom stereocenters. The number of nitrogens with zero attached hydrogens (tertiary/aromatic N) is 1. The van der Waals surface area contributed by atoms with Gasteiger partial charge in [-0.3, -0.25) is 9.78 Å². The summed E-state index contributed by atoms with van der Waals surface area (Å²) < 4.78 is 57.8. The van der Waals surface area contributed by atoms with Crippen molar-refractivity contribution in [2.24, 2.45) is 0 Å². The van der Waals surface area contributed by atoms with Gasteiger partial charge in [0.25, 0.3) is 0 Å². The lowest BCUT2D eigenvalue weighted by Gasteiger charge is -2.39. The molecule has 1 N–H and O–H groups in total. The molecule has 4 nitrogen and oxygen atoms in total. The number of amides is 1. The Hall–Kier alpha value is -2.22. The Bertz CT molecular complexity index is 894. The molecule has 0 saturated heterocycles. The van der Waals surface area contributed by atoms with Gasteiger partial charge in [0, 0.05) is 23.6 Å². The lowest BCUT2D eigenvalue weighted by Crippen LogP contribution is -2.50. The number of hydrogen-bond donors (Lipinski definition) is 1. The predicted molar refractivity (Wildman–Crippen MR) is 100 cm³/mol. The van der Waals surface area contributed by atoms with Gasteiger partial charge in [-0.05, 0) is 38.8 Å². The van der Waals surface area contributed by atoms with Crippen LogP contribution < -0.4 is 5.32 Å². The zero-order valence-electron chi connectivity index (χ0n) is 16.4. The standard InChI is InChI=1S/C21H24F4N2O2/c1-19(9-3-4-10-19)29-20(2,27-17(28)8-11-21(23,24)25)15-12-14-6-5-7-16(22)18(14)26-13-15/h5-7,12-13H,3-4,8-11H2,1-2H3,(H,27,28). The van der Waals surface area contributed by atoms with E-state index >= 15 is 0 Å². The van der Waals surface area contributed by atoms with Crippen molar-refractivity contribution in [1.82, 2.24) is 10.3 Å². The van der Waals surface area contributed by atoms with E-state index in [1.807, 2.05) is 6.92 Å². The number of alkyl halides is 3. The normalized spacial score (nSPS) is 18.6. The Labute approximate surface area is 166 Å². The summed E-state index contributed by atoms with van der Waals surface area (Å²) in [5.74, 6) is -1.25. The van der Waals surface area contributed by atoms with Crippen molar-refractivity contribution in [3.63, 3.8) is 0 Å². The minimum Gasteiger partial charge on any atom is -0.346 e. The number of benzene rings is 1. The second-order valence-corrected chi connectivity index (χ2v) is 7.99. The smallest absolute Gasteiger partial charge is 0.346 e. The topological polar surface area (TPSA) is 51.2 Å². The maximum absolute atomic E-state index is 14.0. The van der Waals surface area contributed by atoms with Crippen LogP contribution in [0.3, 0.4) is 0 Å². The molecule has 1 aliphatic carbocycles. The first-order valence-electron chi connectivity index (χ1n) is 9.62. The number of hydrogen-bond acceptors (Lipinski definition) is 3. The van der Waals surface area contributed by atoms with Crippen LogP contribution >= 0.6 is 0 Å². The SMILES string of the molecule is CC1(OC(C)(NC(=O)CCC(F)(F)F)c2cnc3c(F)cccc3c2)CCCC1. The highest BCUT2D eigenvalue weighted by atomic mass is 19.4. The van der Waals surface area contributed by atoms with Crippen LogP contribution in [-0.4, -0.2) is 22.7 Å². The van der Waals surface area contributed by atoms with Gasteiger partial charge in [-0.2, -0.15) is 13.2 Å². The number of aromatic nitrogens is 1. The lowest BCUT2D eigenvalue weighted by molar-refractivity contribution is -0.172. The van der Waals surface area contributed by atoms with Gasteiger partial charge in [0.15, 0.2) is 5.72 Å². The van der Waals surface area contributed by atoms with Crippen LogP contribution in [-0.2, 0) is 15.3 Å². The first kappa shape index (κ1) is 21.5. The van der Waals surface area contributed by atoms with E-state index in [9.17, 15) is 22.4 Å². The highest BCUT2D eigenvalue weighted by Gasteiger charge is 2.41. The number of carbonyl (C=O) groups is 1. The fourth-order valence-electron chi connectivity index (χ4n) is 3.84. The maximum atomic E-state index is 14.0. The Morgan fingerprint density at radius 1 is 1.28 bits per heavy atom. The molecule has 0 spiro atoms. The molecule has 1 fully saturated rings. The molecular formula is C21H24F4N2O2. The molecule has 158 valence electrons. The highest BCUT2D eigenvalue weighted by molar-refractivity contribution is 5.80. The van der Waals surface area contributed by atoms with Crippen molar-refractivity contribution < 1.29 is 27.1 Å². The number of para-hydroxylation sites is 1. The van der Waals surface area contributed by atoms with Crippen LogP contribution in [0.25, 0.3) is 10.9 Å². The number of halogens is 4. The number of rotatable bonds is 6. The summed E-state index contributed by atoms with van der Waals surface area (Å²) in [7, 11) is 0. The van der Waals surface area contributed by atoms with E-state index in [0.29, 0.717) is 10.9 Å². The van der Waals surface area contributed by atoms with Crippen molar-refractivity contribution >= 4 is 16.8 Å². The first-order valence-corrected chi connectivity index (χ1v) is 9.62. The quantitative estimate of drug-likeness (QED) is 0.514. The molecule has 1 aliphatic rings. The summed E-state index contributed by atoms with van der Waals surface area (Å²) in [6, 6.07) is 6.16. The van der Waals surface area contributed by atoms with Crippen LogP contribution in [0.5, 0.6) is 0 Å². The number of ether oxygens (including phenoxy) is 1. The summed E-state index contributed by atoms with van der Waals surface area (Å²) in [5.41, 5.74) is -1.30. The third-order valence-electron chi connectivity index (χ3n) is 5.34. The monoisotopic (exact) mass is 412 g/mol. The zero-order valence-corrected chi connectivity index (χ0v) is 16.4. The van der Waals surface area contributed by atoms with E-state index in [1.165, 1.54) is 12.3 Å². The molecule has 1 aromatic carbocycles. The Morgan fingerprint density at radius 2 is 1.97 bits per heavy atom. The Kier molecular flexibility index (Phi) is 5.85. The van der Waals surface area contributed by atoms with Crippen LogP contribution in [0.4, 0.5) is 17.6 Å². The lowest BCUT2D eigenvalue weighted by atomic mass is 9.99. The molecule has 1 saturated carbocycles. The Balaban J connectivity index is 1.92. The third kappa shape index (κ3) is 5.23. The maximum Gasteiger partial charge on any atom is 0.389 e. The third-order valence-corrected chi connectivity index (χ3v) is 5.34. The summed E-state index contributed by atoms with van der Waals surface area (Å²) in [4.78, 5) is 16.5. The summed E-state index contributed by atoms with van der Waals surface area (Å²) in [6.45, 7) is 3.53. The van der Waals surface area contributed by atoms with Gasteiger partial charge in [-0.25, -0.2) is 4.39 Å². The fraction of sp³-hybridized carbons (Fsp3) is 0.524. The van der Waals surface area contributed by atoms with E-state index in [-0.39, 0.29) is 5.52 Å². The minimum absolute atomic E-state index is 0.175. The van der Waals surface area contributed by atoms with Gasteiger partial charge in [-0.15, -0.1) is 0 Å². The second-order valence-electron chi connectivity index (χ2n) is 7.99. The fourth-order valence-corrected chi connectivity index (χ4v) is 3.84. The molecule has 8 heteroatoms. The van der Waals surface area contributed by atoms with Gasteiger partial charge in [-0.1, -0.05) is 25.0 Å². The van der Waals surface area contributed by atoms with Crippen molar-refractivity contribution in [3.05, 3.63) is 41.8 Å². The second kappa shape index (κ2) is 7.89. The minimum atomic E-state index is -4.42. The van der Waals surface area contributed by atoms with Crippen molar-refractivity contribution in [1.29, 1.82) is 0 Å². The number of carbonyl (C=O) groups excluding carboxylic acids is 1. The van der Waals surface area contributed by atoms with Gasteiger partial charge in [0.05, 0.1) is 12.0 Å². The highest BCUT2D eigenvalue weighted by Crippen LogP contribution is 2.39. The largest absolute Gasteiger partial charge is 0.389 e. The molecule has 1 aromatic heterocycles. The first-order chi connectivity index (χ1) is 13.5. The van der Waals surface area contributed by atoms with Crippen LogP contribution in [0, 0.1) is 5.82 Å². The average Bonchev–Trinajstić information content (AvgIpc) is 3.05. The molecule has 0 aliphatic heterocycles. The van der Waals surface area contributed by atoms with Crippen molar-refractivity contribution in [3.8, 4) is 0 Å². The molecule has 1 heterocycles. The van der Waals surface area contributed by atoms with Gasteiger partial charge in [0.2, 0.25) is 5.91 Å². The molecule has 2 aromatic rings. The summed E-state index contributed by atoms with van der Waals surface area (Å²) >= 11 is 0. The van der Waals surface area contributed by atoms with Crippen LogP contribution in [0.2, 0.25) is 0 Å². The number of nitrogens with one attached hydrogen (secondary N) is 1. The van der Waals surface area contributed by atoms with Gasteiger partial charge < -0.3 is 10.1 Å². The molecular weight excluding hydrogens is 388 g/mol. The average molecular weight is 412 g/mol. The Morgan fingerprint density at radius 3 is 2.62 bits per heavy atom. The number of pyridine rings is 1. The molecule has 1 amide bonds. The van der Waals surface area contributed by atoms with E-state index in [1.54, 1.807) is 25.1 Å². The molecule has 29 heavy (non-hydrogen) atoms. The van der Waals surface area contributed by atoms with Crippen molar-refractivity contribution in [2.75, 3.05) is 0 Å². The van der Waals surface area contributed by atoms with Gasteiger partial charge >= 0.3 is 6.18 Å². The van der Waals surface area contributed by atoms with E-state index in [4.69, 9.17) is 4.74 Å². The zero-order chi connectivity index (χ0) is 21.3.